The molecule has 0 saturated heterocycles. The number of carbonyl (C=O) groups is 1. The van der Waals surface area contributed by atoms with Gasteiger partial charge in [-0.1, -0.05) is 50.5 Å². The Morgan fingerprint density at radius 3 is 2.67 bits per heavy atom. The molecule has 1 N–H and O–H groups in total. The number of alkyl carbamates (subject to hydrolysis) is 1. The van der Waals surface area contributed by atoms with Crippen molar-refractivity contribution in [2.24, 2.45) is 0 Å². The highest BCUT2D eigenvalue weighted by Crippen LogP contribution is 2.18. The highest BCUT2D eigenvalue weighted by molar-refractivity contribution is 5.67. The van der Waals surface area contributed by atoms with Crippen LogP contribution in [0.25, 0.3) is 0 Å². The average molecular weight is 289 g/mol. The molecule has 0 bridgehead atoms. The van der Waals surface area contributed by atoms with E-state index in [0.717, 1.165) is 25.7 Å². The molecule has 1 fully saturated rings. The molecule has 3 heteroatoms. The SMILES string of the molecule is CCC(Cc1ccccc1C)OC(=O)NC1CCCCC1. The maximum Gasteiger partial charge on any atom is 0.407 e. The van der Waals surface area contributed by atoms with Crippen LogP contribution in [0.3, 0.4) is 0 Å². The van der Waals surface area contributed by atoms with Gasteiger partial charge >= 0.3 is 6.09 Å². The van der Waals surface area contributed by atoms with Crippen molar-refractivity contribution in [3.05, 3.63) is 35.4 Å². The van der Waals surface area contributed by atoms with Crippen LogP contribution in [0.15, 0.2) is 24.3 Å². The molecule has 0 aliphatic heterocycles. The minimum Gasteiger partial charge on any atom is -0.446 e. The molecular weight excluding hydrogens is 262 g/mol. The molecule has 1 aliphatic rings. The van der Waals surface area contributed by atoms with Crippen LogP contribution in [0.5, 0.6) is 0 Å². The number of ether oxygens (including phenoxy) is 1. The van der Waals surface area contributed by atoms with E-state index >= 15 is 0 Å². The maximum absolute atomic E-state index is 12.0. The molecule has 2 rings (SSSR count). The quantitative estimate of drug-likeness (QED) is 0.873. The zero-order valence-corrected chi connectivity index (χ0v) is 13.2. The summed E-state index contributed by atoms with van der Waals surface area (Å²) < 4.78 is 5.61. The minimum absolute atomic E-state index is 0.0466. The number of aryl methyl sites for hydroxylation is 1. The van der Waals surface area contributed by atoms with Crippen LogP contribution in [-0.4, -0.2) is 18.2 Å². The Morgan fingerprint density at radius 1 is 1.29 bits per heavy atom. The van der Waals surface area contributed by atoms with Gasteiger partial charge in [-0.05, 0) is 37.3 Å². The monoisotopic (exact) mass is 289 g/mol. The summed E-state index contributed by atoms with van der Waals surface area (Å²) in [6.45, 7) is 4.17. The molecule has 1 aromatic carbocycles. The van der Waals surface area contributed by atoms with Gasteiger partial charge in [-0.3, -0.25) is 0 Å². The Hall–Kier alpha value is -1.51. The number of nitrogens with one attached hydrogen (secondary N) is 1. The lowest BCUT2D eigenvalue weighted by Gasteiger charge is -2.24. The predicted molar refractivity (Wildman–Crippen MR) is 85.5 cm³/mol. The largest absolute Gasteiger partial charge is 0.446 e. The summed E-state index contributed by atoms with van der Waals surface area (Å²) in [6, 6.07) is 8.60. The van der Waals surface area contributed by atoms with Gasteiger partial charge in [-0.15, -0.1) is 0 Å². The first kappa shape index (κ1) is 15.9. The molecular formula is C18H27NO2. The van der Waals surface area contributed by atoms with E-state index in [9.17, 15) is 4.79 Å². The standard InChI is InChI=1S/C18H27NO2/c1-3-17(13-15-10-8-7-9-14(15)2)21-18(20)19-16-11-5-4-6-12-16/h7-10,16-17H,3-6,11-13H2,1-2H3,(H,19,20). The maximum atomic E-state index is 12.0. The molecule has 3 nitrogen and oxygen atoms in total. The molecule has 0 radical (unpaired) electrons. The average Bonchev–Trinajstić information content (AvgIpc) is 2.49. The molecule has 21 heavy (non-hydrogen) atoms. The molecule has 1 aromatic rings. The highest BCUT2D eigenvalue weighted by Gasteiger charge is 2.19. The van der Waals surface area contributed by atoms with Gasteiger partial charge in [0.25, 0.3) is 0 Å². The number of amides is 1. The highest BCUT2D eigenvalue weighted by atomic mass is 16.6. The summed E-state index contributed by atoms with van der Waals surface area (Å²) in [6.07, 6.45) is 7.23. The lowest BCUT2D eigenvalue weighted by molar-refractivity contribution is 0.0905. The third kappa shape index (κ3) is 5.07. The Kier molecular flexibility index (Phi) is 6.09. The zero-order valence-electron chi connectivity index (χ0n) is 13.2. The number of hydrogen-bond acceptors (Lipinski definition) is 2. The third-order valence-electron chi connectivity index (χ3n) is 4.37. The molecule has 116 valence electrons. The van der Waals surface area contributed by atoms with Crippen LogP contribution in [-0.2, 0) is 11.2 Å². The van der Waals surface area contributed by atoms with Gasteiger partial charge in [-0.2, -0.15) is 0 Å². The van der Waals surface area contributed by atoms with E-state index in [1.807, 2.05) is 12.1 Å². The minimum atomic E-state index is -0.248. The van der Waals surface area contributed by atoms with Gasteiger partial charge in [0, 0.05) is 12.5 Å². The van der Waals surface area contributed by atoms with Crippen molar-refractivity contribution in [1.82, 2.24) is 5.32 Å². The zero-order chi connectivity index (χ0) is 15.1. The van der Waals surface area contributed by atoms with Crippen LogP contribution in [0.2, 0.25) is 0 Å². The predicted octanol–water partition coefficient (Wildman–Crippen LogP) is 4.38. The van der Waals surface area contributed by atoms with E-state index in [0.29, 0.717) is 6.04 Å². The van der Waals surface area contributed by atoms with Crippen LogP contribution >= 0.6 is 0 Å². The smallest absolute Gasteiger partial charge is 0.407 e. The van der Waals surface area contributed by atoms with Crippen LogP contribution < -0.4 is 5.32 Å². The van der Waals surface area contributed by atoms with E-state index in [4.69, 9.17) is 4.74 Å². The van der Waals surface area contributed by atoms with Crippen molar-refractivity contribution < 1.29 is 9.53 Å². The molecule has 1 aliphatic carbocycles. The second kappa shape index (κ2) is 8.06. The summed E-state index contributed by atoms with van der Waals surface area (Å²) in [7, 11) is 0. The summed E-state index contributed by atoms with van der Waals surface area (Å²) in [5, 5.41) is 3.02. The Bertz CT molecular complexity index is 452. The first-order valence-electron chi connectivity index (χ1n) is 8.20. The Labute approximate surface area is 128 Å². The Balaban J connectivity index is 1.83. The molecule has 1 amide bonds. The number of benzene rings is 1. The Morgan fingerprint density at radius 2 is 2.00 bits per heavy atom. The van der Waals surface area contributed by atoms with Crippen LogP contribution in [0, 0.1) is 6.92 Å². The molecule has 1 atom stereocenters. The lowest BCUT2D eigenvalue weighted by Crippen LogP contribution is -2.38. The second-order valence-corrected chi connectivity index (χ2v) is 6.05. The lowest BCUT2D eigenvalue weighted by atomic mass is 9.96. The molecule has 0 heterocycles. The fourth-order valence-electron chi connectivity index (χ4n) is 2.95. The van der Waals surface area contributed by atoms with E-state index < -0.39 is 0 Å². The van der Waals surface area contributed by atoms with Gasteiger partial charge in [0.05, 0.1) is 0 Å². The summed E-state index contributed by atoms with van der Waals surface area (Å²) in [4.78, 5) is 12.0. The number of hydrogen-bond donors (Lipinski definition) is 1. The summed E-state index contributed by atoms with van der Waals surface area (Å²) in [5.74, 6) is 0. The number of carbonyl (C=O) groups excluding carboxylic acids is 1. The van der Waals surface area contributed by atoms with Crippen molar-refractivity contribution in [1.29, 1.82) is 0 Å². The van der Waals surface area contributed by atoms with Gasteiger partial charge in [0.1, 0.15) is 6.10 Å². The fraction of sp³-hybridized carbons (Fsp3) is 0.611. The first-order chi connectivity index (χ1) is 10.2. The first-order valence-corrected chi connectivity index (χ1v) is 8.20. The van der Waals surface area contributed by atoms with Crippen molar-refractivity contribution in [3.63, 3.8) is 0 Å². The van der Waals surface area contributed by atoms with E-state index in [1.54, 1.807) is 0 Å². The topological polar surface area (TPSA) is 38.3 Å². The van der Waals surface area contributed by atoms with Crippen molar-refractivity contribution in [3.8, 4) is 0 Å². The fourth-order valence-corrected chi connectivity index (χ4v) is 2.95. The van der Waals surface area contributed by atoms with Crippen molar-refractivity contribution in [2.75, 3.05) is 0 Å². The summed E-state index contributed by atoms with van der Waals surface area (Å²) in [5.41, 5.74) is 2.52. The van der Waals surface area contributed by atoms with E-state index in [2.05, 4.69) is 31.3 Å². The van der Waals surface area contributed by atoms with Crippen molar-refractivity contribution in [2.45, 2.75) is 70.9 Å². The second-order valence-electron chi connectivity index (χ2n) is 6.05. The molecule has 1 unspecified atom stereocenters. The molecule has 0 spiro atoms. The van der Waals surface area contributed by atoms with Gasteiger partial charge in [0.15, 0.2) is 0 Å². The van der Waals surface area contributed by atoms with E-state index in [1.165, 1.54) is 30.4 Å². The molecule has 1 saturated carbocycles. The van der Waals surface area contributed by atoms with Crippen LogP contribution in [0.1, 0.15) is 56.6 Å². The third-order valence-corrected chi connectivity index (χ3v) is 4.37. The van der Waals surface area contributed by atoms with Gasteiger partial charge in [0.2, 0.25) is 0 Å². The van der Waals surface area contributed by atoms with Gasteiger partial charge in [-0.25, -0.2) is 4.79 Å². The van der Waals surface area contributed by atoms with E-state index in [-0.39, 0.29) is 12.2 Å². The van der Waals surface area contributed by atoms with Gasteiger partial charge < -0.3 is 10.1 Å². The van der Waals surface area contributed by atoms with Crippen molar-refractivity contribution >= 4 is 6.09 Å². The summed E-state index contributed by atoms with van der Waals surface area (Å²) >= 11 is 0. The normalized spacial score (nSPS) is 17.2. The van der Waals surface area contributed by atoms with Crippen LogP contribution in [0.4, 0.5) is 4.79 Å². The molecule has 0 aromatic heterocycles. The number of rotatable bonds is 5.